The molecule has 1 heterocycles. The average molecular weight is 266 g/mol. The number of benzene rings is 1. The van der Waals surface area contributed by atoms with E-state index in [2.05, 4.69) is 10.4 Å². The van der Waals surface area contributed by atoms with Crippen molar-refractivity contribution >= 4 is 11.7 Å². The zero-order valence-corrected chi connectivity index (χ0v) is 10.2. The largest absolute Gasteiger partial charge is 0.383 e. The molecule has 1 aromatic heterocycles. The van der Waals surface area contributed by atoms with Crippen LogP contribution in [0.5, 0.6) is 0 Å². The van der Waals surface area contributed by atoms with Gasteiger partial charge in [-0.2, -0.15) is 5.10 Å². The number of aromatic nitrogens is 2. The Morgan fingerprint density at radius 3 is 2.74 bits per heavy atom. The summed E-state index contributed by atoms with van der Waals surface area (Å²) in [4.78, 5) is 11.8. The molecule has 5 nitrogen and oxygen atoms in total. The van der Waals surface area contributed by atoms with Gasteiger partial charge in [-0.1, -0.05) is 6.07 Å². The van der Waals surface area contributed by atoms with Gasteiger partial charge in [0.05, 0.1) is 6.20 Å². The lowest BCUT2D eigenvalue weighted by Gasteiger charge is -2.05. The standard InChI is InChI=1S/C12H12F2N4O/c1-18-11(15)8(6-17-18)12(19)16-5-7-2-3-9(13)10(14)4-7/h2-4,6H,5,15H2,1H3,(H,16,19). The Hall–Kier alpha value is -2.44. The van der Waals surface area contributed by atoms with Crippen LogP contribution in [-0.4, -0.2) is 15.7 Å². The number of hydrogen-bond donors (Lipinski definition) is 2. The van der Waals surface area contributed by atoms with Gasteiger partial charge >= 0.3 is 0 Å². The van der Waals surface area contributed by atoms with Crippen molar-refractivity contribution in [3.05, 3.63) is 47.2 Å². The van der Waals surface area contributed by atoms with E-state index >= 15 is 0 Å². The molecular formula is C12H12F2N4O. The maximum atomic E-state index is 13.0. The van der Waals surface area contributed by atoms with Crippen molar-refractivity contribution in [1.29, 1.82) is 0 Å². The molecule has 0 radical (unpaired) electrons. The van der Waals surface area contributed by atoms with Crippen LogP contribution >= 0.6 is 0 Å². The highest BCUT2D eigenvalue weighted by molar-refractivity contribution is 5.98. The first kappa shape index (κ1) is 13.0. The van der Waals surface area contributed by atoms with Crippen molar-refractivity contribution in [3.8, 4) is 0 Å². The first-order chi connectivity index (χ1) is 8.99. The van der Waals surface area contributed by atoms with Crippen LogP contribution in [0.25, 0.3) is 0 Å². The third-order valence-corrected chi connectivity index (χ3v) is 2.67. The van der Waals surface area contributed by atoms with Crippen LogP contribution < -0.4 is 11.1 Å². The zero-order chi connectivity index (χ0) is 14.0. The fourth-order valence-electron chi connectivity index (χ4n) is 1.55. The zero-order valence-electron chi connectivity index (χ0n) is 10.2. The molecule has 100 valence electrons. The molecule has 3 N–H and O–H groups in total. The van der Waals surface area contributed by atoms with E-state index in [0.29, 0.717) is 5.56 Å². The summed E-state index contributed by atoms with van der Waals surface area (Å²) in [5.74, 6) is -2.06. The smallest absolute Gasteiger partial charge is 0.256 e. The second-order valence-electron chi connectivity index (χ2n) is 4.00. The maximum Gasteiger partial charge on any atom is 0.256 e. The molecule has 0 aliphatic rings. The van der Waals surface area contributed by atoms with Gasteiger partial charge in [0.1, 0.15) is 11.4 Å². The normalized spacial score (nSPS) is 10.5. The average Bonchev–Trinajstić information content (AvgIpc) is 2.71. The third kappa shape index (κ3) is 2.70. The van der Waals surface area contributed by atoms with Crippen LogP contribution in [0.15, 0.2) is 24.4 Å². The summed E-state index contributed by atoms with van der Waals surface area (Å²) in [6, 6.07) is 3.43. The second-order valence-corrected chi connectivity index (χ2v) is 4.00. The van der Waals surface area contributed by atoms with Crippen molar-refractivity contribution in [1.82, 2.24) is 15.1 Å². The molecule has 0 saturated carbocycles. The summed E-state index contributed by atoms with van der Waals surface area (Å²) in [5.41, 5.74) is 6.34. The highest BCUT2D eigenvalue weighted by Gasteiger charge is 2.13. The Morgan fingerprint density at radius 2 is 2.16 bits per heavy atom. The van der Waals surface area contributed by atoms with Crippen LogP contribution in [0.3, 0.4) is 0 Å². The highest BCUT2D eigenvalue weighted by atomic mass is 19.2. The SMILES string of the molecule is Cn1ncc(C(=O)NCc2ccc(F)c(F)c2)c1N. The van der Waals surface area contributed by atoms with E-state index < -0.39 is 17.5 Å². The van der Waals surface area contributed by atoms with Crippen molar-refractivity contribution in [2.24, 2.45) is 7.05 Å². The van der Waals surface area contributed by atoms with E-state index in [4.69, 9.17) is 5.73 Å². The number of nitrogens with one attached hydrogen (secondary N) is 1. The lowest BCUT2D eigenvalue weighted by molar-refractivity contribution is 0.0951. The number of anilines is 1. The number of halogens is 2. The number of carbonyl (C=O) groups excluding carboxylic acids is 1. The highest BCUT2D eigenvalue weighted by Crippen LogP contribution is 2.11. The van der Waals surface area contributed by atoms with Gasteiger partial charge in [0.25, 0.3) is 5.91 Å². The first-order valence-corrected chi connectivity index (χ1v) is 5.48. The van der Waals surface area contributed by atoms with Crippen LogP contribution in [0, 0.1) is 11.6 Å². The Morgan fingerprint density at radius 1 is 1.42 bits per heavy atom. The minimum absolute atomic E-state index is 0.0738. The molecule has 1 aromatic carbocycles. The summed E-state index contributed by atoms with van der Waals surface area (Å²) in [5, 5.41) is 6.39. The van der Waals surface area contributed by atoms with Crippen LogP contribution in [0.4, 0.5) is 14.6 Å². The molecule has 0 aliphatic carbocycles. The van der Waals surface area contributed by atoms with Crippen molar-refractivity contribution in [2.45, 2.75) is 6.54 Å². The van der Waals surface area contributed by atoms with E-state index in [1.807, 2.05) is 0 Å². The fourth-order valence-corrected chi connectivity index (χ4v) is 1.55. The molecule has 0 bridgehead atoms. The lowest BCUT2D eigenvalue weighted by atomic mass is 10.2. The minimum atomic E-state index is -0.951. The summed E-state index contributed by atoms with van der Waals surface area (Å²) in [6.45, 7) is 0.0738. The number of nitrogens with zero attached hydrogens (tertiary/aromatic N) is 2. The quantitative estimate of drug-likeness (QED) is 0.877. The van der Waals surface area contributed by atoms with Gasteiger partial charge in [-0.3, -0.25) is 9.48 Å². The molecule has 0 spiro atoms. The molecule has 0 fully saturated rings. The summed E-state index contributed by atoms with van der Waals surface area (Å²) in [7, 11) is 1.61. The first-order valence-electron chi connectivity index (χ1n) is 5.48. The van der Waals surface area contributed by atoms with Crippen LogP contribution in [-0.2, 0) is 13.6 Å². The molecule has 19 heavy (non-hydrogen) atoms. The molecule has 2 aromatic rings. The number of nitrogens with two attached hydrogens (primary N) is 1. The molecular weight excluding hydrogens is 254 g/mol. The van der Waals surface area contributed by atoms with Gasteiger partial charge in [-0.05, 0) is 17.7 Å². The topological polar surface area (TPSA) is 72.9 Å². The van der Waals surface area contributed by atoms with Gasteiger partial charge in [0, 0.05) is 13.6 Å². The van der Waals surface area contributed by atoms with E-state index in [1.165, 1.54) is 16.9 Å². The predicted molar refractivity (Wildman–Crippen MR) is 65.1 cm³/mol. The lowest BCUT2D eigenvalue weighted by Crippen LogP contribution is -2.23. The van der Waals surface area contributed by atoms with Crippen molar-refractivity contribution in [3.63, 3.8) is 0 Å². The third-order valence-electron chi connectivity index (χ3n) is 2.67. The molecule has 0 aliphatic heterocycles. The number of hydrogen-bond acceptors (Lipinski definition) is 3. The number of nitrogen functional groups attached to an aromatic ring is 1. The molecule has 0 saturated heterocycles. The summed E-state index contributed by atoms with van der Waals surface area (Å²) >= 11 is 0. The predicted octanol–water partition coefficient (Wildman–Crippen LogP) is 1.21. The molecule has 0 atom stereocenters. The molecule has 2 rings (SSSR count). The Bertz CT molecular complexity index is 624. The van der Waals surface area contributed by atoms with E-state index in [1.54, 1.807) is 7.05 Å². The van der Waals surface area contributed by atoms with E-state index in [-0.39, 0.29) is 17.9 Å². The van der Waals surface area contributed by atoms with E-state index in [0.717, 1.165) is 12.1 Å². The van der Waals surface area contributed by atoms with Gasteiger partial charge in [0.15, 0.2) is 11.6 Å². The van der Waals surface area contributed by atoms with Crippen LogP contribution in [0.1, 0.15) is 15.9 Å². The van der Waals surface area contributed by atoms with E-state index in [9.17, 15) is 13.6 Å². The van der Waals surface area contributed by atoms with Crippen LogP contribution in [0.2, 0.25) is 0 Å². The van der Waals surface area contributed by atoms with Crippen molar-refractivity contribution < 1.29 is 13.6 Å². The minimum Gasteiger partial charge on any atom is -0.383 e. The molecule has 7 heteroatoms. The van der Waals surface area contributed by atoms with Crippen molar-refractivity contribution in [2.75, 3.05) is 5.73 Å². The Labute approximate surface area is 108 Å². The van der Waals surface area contributed by atoms with Gasteiger partial charge in [-0.15, -0.1) is 0 Å². The Balaban J connectivity index is 2.04. The number of rotatable bonds is 3. The van der Waals surface area contributed by atoms with Gasteiger partial charge < -0.3 is 11.1 Å². The summed E-state index contributed by atoms with van der Waals surface area (Å²) in [6.07, 6.45) is 1.34. The monoisotopic (exact) mass is 266 g/mol. The number of carbonyl (C=O) groups is 1. The number of amides is 1. The van der Waals surface area contributed by atoms with Gasteiger partial charge in [0.2, 0.25) is 0 Å². The second kappa shape index (κ2) is 5.05. The summed E-state index contributed by atoms with van der Waals surface area (Å²) < 4.78 is 27.1. The Kier molecular flexibility index (Phi) is 3.46. The fraction of sp³-hybridized carbons (Fsp3) is 0.167. The number of aryl methyl sites for hydroxylation is 1. The molecule has 0 unspecified atom stereocenters. The molecule has 1 amide bonds. The maximum absolute atomic E-state index is 13.0. The van der Waals surface area contributed by atoms with Gasteiger partial charge in [-0.25, -0.2) is 8.78 Å².